The molecule has 0 saturated carbocycles. The van der Waals surface area contributed by atoms with Gasteiger partial charge in [-0.1, -0.05) is 12.1 Å². The summed E-state index contributed by atoms with van der Waals surface area (Å²) in [5.74, 6) is -0.556. The molecule has 20 heavy (non-hydrogen) atoms. The van der Waals surface area contributed by atoms with E-state index in [0.717, 1.165) is 11.1 Å². The predicted molar refractivity (Wildman–Crippen MR) is 74.6 cm³/mol. The Balaban J connectivity index is 2.09. The first-order valence-electron chi connectivity index (χ1n) is 6.41. The van der Waals surface area contributed by atoms with E-state index in [0.29, 0.717) is 12.1 Å². The van der Waals surface area contributed by atoms with E-state index in [2.05, 4.69) is 5.32 Å². The number of nitrogens with one attached hydrogen (secondary N) is 1. The van der Waals surface area contributed by atoms with E-state index < -0.39 is 5.82 Å². The molecule has 0 spiro atoms. The highest BCUT2D eigenvalue weighted by Gasteiger charge is 2.07. The Labute approximate surface area is 117 Å². The Morgan fingerprint density at radius 3 is 2.60 bits per heavy atom. The second-order valence-corrected chi connectivity index (χ2v) is 4.65. The number of hydrogen-bond donors (Lipinski definition) is 1. The van der Waals surface area contributed by atoms with Crippen molar-refractivity contribution in [1.29, 1.82) is 0 Å². The van der Waals surface area contributed by atoms with Gasteiger partial charge in [0.05, 0.1) is 0 Å². The molecule has 0 radical (unpaired) electrons. The van der Waals surface area contributed by atoms with Gasteiger partial charge in [0.1, 0.15) is 12.4 Å². The van der Waals surface area contributed by atoms with Gasteiger partial charge < -0.3 is 10.1 Å². The monoisotopic (exact) mass is 277 g/mol. The zero-order chi connectivity index (χ0) is 14.5. The highest BCUT2D eigenvalue weighted by atomic mass is 19.1. The van der Waals surface area contributed by atoms with Gasteiger partial charge in [-0.25, -0.2) is 8.78 Å². The van der Waals surface area contributed by atoms with Crippen molar-refractivity contribution < 1.29 is 13.5 Å². The lowest BCUT2D eigenvalue weighted by Crippen LogP contribution is -2.06. The quantitative estimate of drug-likeness (QED) is 0.902. The maximum Gasteiger partial charge on any atom is 0.165 e. The molecule has 0 heterocycles. The molecule has 106 valence electrons. The van der Waals surface area contributed by atoms with Crippen LogP contribution in [-0.4, -0.2) is 7.05 Å². The highest BCUT2D eigenvalue weighted by Crippen LogP contribution is 2.20. The van der Waals surface area contributed by atoms with Gasteiger partial charge in [0, 0.05) is 6.54 Å². The van der Waals surface area contributed by atoms with E-state index in [1.807, 2.05) is 6.92 Å². The average molecular weight is 277 g/mol. The molecule has 0 atom stereocenters. The topological polar surface area (TPSA) is 21.3 Å². The smallest absolute Gasteiger partial charge is 0.165 e. The van der Waals surface area contributed by atoms with Crippen LogP contribution in [0.3, 0.4) is 0 Å². The minimum Gasteiger partial charge on any atom is -0.486 e. The fourth-order valence-corrected chi connectivity index (χ4v) is 1.93. The van der Waals surface area contributed by atoms with E-state index in [4.69, 9.17) is 4.74 Å². The van der Waals surface area contributed by atoms with E-state index in [-0.39, 0.29) is 18.2 Å². The SMILES string of the molecule is CNCc1ccc(OCc2cc(F)ccc2C)c(F)c1. The molecular formula is C16H17F2NO. The number of ether oxygens (including phenoxy) is 1. The van der Waals surface area contributed by atoms with Gasteiger partial charge >= 0.3 is 0 Å². The molecule has 0 aliphatic rings. The standard InChI is InChI=1S/C16H17F2NO/c1-11-3-5-14(17)8-13(11)10-20-16-6-4-12(9-19-2)7-15(16)18/h3-8,19H,9-10H2,1-2H3. The summed E-state index contributed by atoms with van der Waals surface area (Å²) in [6, 6.07) is 9.31. The van der Waals surface area contributed by atoms with Crippen molar-refractivity contribution in [1.82, 2.24) is 5.32 Å². The molecule has 4 heteroatoms. The van der Waals surface area contributed by atoms with Crippen LogP contribution in [0, 0.1) is 18.6 Å². The summed E-state index contributed by atoms with van der Waals surface area (Å²) >= 11 is 0. The molecule has 0 aliphatic heterocycles. The summed E-state index contributed by atoms with van der Waals surface area (Å²) in [7, 11) is 1.80. The molecule has 2 nitrogen and oxygen atoms in total. The molecule has 0 aliphatic carbocycles. The van der Waals surface area contributed by atoms with Crippen molar-refractivity contribution >= 4 is 0 Å². The molecular weight excluding hydrogens is 260 g/mol. The summed E-state index contributed by atoms with van der Waals surface area (Å²) in [4.78, 5) is 0. The second-order valence-electron chi connectivity index (χ2n) is 4.65. The molecule has 2 rings (SSSR count). The van der Waals surface area contributed by atoms with Crippen molar-refractivity contribution in [3.05, 3.63) is 64.7 Å². The largest absolute Gasteiger partial charge is 0.486 e. The molecule has 0 bridgehead atoms. The number of rotatable bonds is 5. The van der Waals surface area contributed by atoms with Gasteiger partial charge in [0.2, 0.25) is 0 Å². The van der Waals surface area contributed by atoms with E-state index in [1.165, 1.54) is 18.2 Å². The Kier molecular flexibility index (Phi) is 4.69. The minimum absolute atomic E-state index is 0.145. The van der Waals surface area contributed by atoms with Crippen LogP contribution in [0.2, 0.25) is 0 Å². The van der Waals surface area contributed by atoms with Gasteiger partial charge in [-0.3, -0.25) is 0 Å². The highest BCUT2D eigenvalue weighted by molar-refractivity contribution is 5.31. The fourth-order valence-electron chi connectivity index (χ4n) is 1.93. The lowest BCUT2D eigenvalue weighted by atomic mass is 10.1. The summed E-state index contributed by atoms with van der Waals surface area (Å²) in [6.45, 7) is 2.61. The summed E-state index contributed by atoms with van der Waals surface area (Å²) in [5.41, 5.74) is 2.47. The zero-order valence-corrected chi connectivity index (χ0v) is 11.5. The van der Waals surface area contributed by atoms with E-state index >= 15 is 0 Å². The third-order valence-corrected chi connectivity index (χ3v) is 3.07. The average Bonchev–Trinajstić information content (AvgIpc) is 2.42. The van der Waals surface area contributed by atoms with Gasteiger partial charge in [0.25, 0.3) is 0 Å². The van der Waals surface area contributed by atoms with Gasteiger partial charge in [0.15, 0.2) is 11.6 Å². The van der Waals surface area contributed by atoms with Crippen LogP contribution in [0.5, 0.6) is 5.75 Å². The number of benzene rings is 2. The molecule has 0 amide bonds. The van der Waals surface area contributed by atoms with Crippen molar-refractivity contribution in [2.45, 2.75) is 20.1 Å². The van der Waals surface area contributed by atoms with Crippen LogP contribution in [0.1, 0.15) is 16.7 Å². The Bertz CT molecular complexity index is 599. The molecule has 0 aromatic heterocycles. The van der Waals surface area contributed by atoms with Gasteiger partial charge in [-0.05, 0) is 54.9 Å². The first-order chi connectivity index (χ1) is 9.60. The van der Waals surface area contributed by atoms with Crippen molar-refractivity contribution in [2.75, 3.05) is 7.05 Å². The maximum absolute atomic E-state index is 13.8. The van der Waals surface area contributed by atoms with Crippen molar-refractivity contribution in [3.63, 3.8) is 0 Å². The van der Waals surface area contributed by atoms with Gasteiger partial charge in [-0.2, -0.15) is 0 Å². The summed E-state index contributed by atoms with van der Waals surface area (Å²) < 4.78 is 32.4. The second kappa shape index (κ2) is 6.48. The van der Waals surface area contributed by atoms with Crippen LogP contribution in [0.4, 0.5) is 8.78 Å². The Morgan fingerprint density at radius 1 is 1.10 bits per heavy atom. The Hall–Kier alpha value is -1.94. The number of hydrogen-bond acceptors (Lipinski definition) is 2. The van der Waals surface area contributed by atoms with Crippen molar-refractivity contribution in [3.8, 4) is 5.75 Å². The van der Waals surface area contributed by atoms with Crippen LogP contribution < -0.4 is 10.1 Å². The van der Waals surface area contributed by atoms with Crippen LogP contribution >= 0.6 is 0 Å². The van der Waals surface area contributed by atoms with E-state index in [9.17, 15) is 8.78 Å². The van der Waals surface area contributed by atoms with Crippen molar-refractivity contribution in [2.24, 2.45) is 0 Å². The molecule has 0 saturated heterocycles. The number of aryl methyl sites for hydroxylation is 1. The van der Waals surface area contributed by atoms with Crippen LogP contribution in [0.15, 0.2) is 36.4 Å². The first-order valence-corrected chi connectivity index (χ1v) is 6.41. The minimum atomic E-state index is -0.410. The number of halogens is 2. The fraction of sp³-hybridized carbons (Fsp3) is 0.250. The third kappa shape index (κ3) is 3.54. The normalized spacial score (nSPS) is 10.6. The van der Waals surface area contributed by atoms with E-state index in [1.54, 1.807) is 25.2 Å². The predicted octanol–water partition coefficient (Wildman–Crippen LogP) is 3.57. The van der Waals surface area contributed by atoms with Crippen LogP contribution in [0.25, 0.3) is 0 Å². The first kappa shape index (κ1) is 14.5. The molecule has 2 aromatic rings. The molecule has 0 fully saturated rings. The summed E-state index contributed by atoms with van der Waals surface area (Å²) in [5, 5.41) is 2.95. The Morgan fingerprint density at radius 2 is 1.90 bits per heavy atom. The maximum atomic E-state index is 13.8. The lowest BCUT2D eigenvalue weighted by molar-refractivity contribution is 0.289. The molecule has 2 aromatic carbocycles. The van der Waals surface area contributed by atoms with Crippen LogP contribution in [-0.2, 0) is 13.2 Å². The lowest BCUT2D eigenvalue weighted by Gasteiger charge is -2.10. The molecule has 0 unspecified atom stereocenters. The van der Waals surface area contributed by atoms with Gasteiger partial charge in [-0.15, -0.1) is 0 Å². The summed E-state index contributed by atoms with van der Waals surface area (Å²) in [6.07, 6.45) is 0. The third-order valence-electron chi connectivity index (χ3n) is 3.07. The zero-order valence-electron chi connectivity index (χ0n) is 11.5. The molecule has 1 N–H and O–H groups in total.